The lowest BCUT2D eigenvalue weighted by Gasteiger charge is -2.12. The second-order valence-electron chi connectivity index (χ2n) is 12.0. The van der Waals surface area contributed by atoms with Gasteiger partial charge in [-0.05, 0) is 29.7 Å². The Balaban J connectivity index is 1.14. The number of nitrogens with zero attached hydrogens (tertiary/aromatic N) is 10. The summed E-state index contributed by atoms with van der Waals surface area (Å²) < 4.78 is 63.9. The van der Waals surface area contributed by atoms with Crippen LogP contribution in [0.4, 0.5) is 17.6 Å². The van der Waals surface area contributed by atoms with Crippen LogP contribution in [0.2, 0.25) is 0 Å². The number of hydrogen-bond acceptors (Lipinski definition) is 14. The molecule has 0 spiro atoms. The molecule has 0 aromatic carbocycles. The van der Waals surface area contributed by atoms with Gasteiger partial charge in [0.05, 0.1) is 43.0 Å². The van der Waals surface area contributed by atoms with E-state index in [1.54, 1.807) is 18.5 Å². The van der Waals surface area contributed by atoms with Gasteiger partial charge in [-0.3, -0.25) is 14.6 Å². The summed E-state index contributed by atoms with van der Waals surface area (Å²) >= 11 is 2.93. The molecule has 54 heavy (non-hydrogen) atoms. The molecule has 6 rings (SSSR count). The molecule has 0 aliphatic heterocycles. The van der Waals surface area contributed by atoms with Crippen molar-refractivity contribution in [2.24, 2.45) is 5.92 Å². The van der Waals surface area contributed by atoms with Crippen molar-refractivity contribution in [2.45, 2.75) is 44.6 Å². The van der Waals surface area contributed by atoms with E-state index in [-0.39, 0.29) is 36.1 Å². The van der Waals surface area contributed by atoms with Gasteiger partial charge in [-0.2, -0.15) is 28.4 Å². The van der Waals surface area contributed by atoms with Crippen LogP contribution in [0, 0.1) is 11.7 Å². The van der Waals surface area contributed by atoms with Crippen molar-refractivity contribution in [3.63, 3.8) is 0 Å². The Morgan fingerprint density at radius 2 is 1.52 bits per heavy atom. The average molecular weight is 783 g/mol. The average Bonchev–Trinajstić information content (AvgIpc) is 3.59. The van der Waals surface area contributed by atoms with Crippen LogP contribution in [0.1, 0.15) is 35.0 Å². The van der Waals surface area contributed by atoms with Gasteiger partial charge in [-0.1, -0.05) is 13.8 Å². The topological polar surface area (TPSA) is 166 Å². The number of thiazole rings is 1. The van der Waals surface area contributed by atoms with Crippen LogP contribution in [0.25, 0.3) is 22.5 Å². The van der Waals surface area contributed by atoms with E-state index in [0.29, 0.717) is 51.9 Å². The van der Waals surface area contributed by atoms with Crippen molar-refractivity contribution < 1.29 is 27.0 Å². The number of ether oxygens (including phenoxy) is 2. The first-order chi connectivity index (χ1) is 25.9. The van der Waals surface area contributed by atoms with E-state index in [4.69, 9.17) is 4.74 Å². The highest BCUT2D eigenvalue weighted by Gasteiger charge is 2.29. The summed E-state index contributed by atoms with van der Waals surface area (Å²) in [6, 6.07) is 6.81. The van der Waals surface area contributed by atoms with Gasteiger partial charge < -0.3 is 9.47 Å². The Hall–Kier alpha value is -5.63. The molecule has 0 bridgehead atoms. The van der Waals surface area contributed by atoms with Gasteiger partial charge in [0, 0.05) is 70.6 Å². The third kappa shape index (κ3) is 10.5. The third-order valence-electron chi connectivity index (χ3n) is 7.15. The first kappa shape index (κ1) is 38.1. The van der Waals surface area contributed by atoms with E-state index in [9.17, 15) is 27.2 Å². The van der Waals surface area contributed by atoms with Crippen molar-refractivity contribution in [1.82, 2.24) is 49.5 Å². The zero-order valence-electron chi connectivity index (χ0n) is 28.6. The fraction of sp³-hybridized carbons (Fsp3) is 0.294. The van der Waals surface area contributed by atoms with Gasteiger partial charge in [0.1, 0.15) is 10.8 Å². The van der Waals surface area contributed by atoms with E-state index in [1.165, 1.54) is 75.3 Å². The van der Waals surface area contributed by atoms with E-state index < -0.39 is 24.6 Å². The monoisotopic (exact) mass is 782 g/mol. The van der Waals surface area contributed by atoms with Crippen molar-refractivity contribution in [3.05, 3.63) is 115 Å². The minimum absolute atomic E-state index is 0.0154. The molecule has 20 heteroatoms. The summed E-state index contributed by atoms with van der Waals surface area (Å²) in [5.41, 5.74) is 2.10. The normalized spacial score (nSPS) is 11.6. The van der Waals surface area contributed by atoms with E-state index in [0.717, 1.165) is 16.1 Å². The first-order valence-corrected chi connectivity index (χ1v) is 18.1. The van der Waals surface area contributed by atoms with E-state index in [2.05, 4.69) is 44.8 Å². The third-order valence-corrected chi connectivity index (χ3v) is 9.27. The molecule has 0 amide bonds. The minimum Gasteiger partial charge on any atom is -0.463 e. The van der Waals surface area contributed by atoms with Crippen LogP contribution in [-0.4, -0.2) is 68.9 Å². The number of halogens is 4. The van der Waals surface area contributed by atoms with Gasteiger partial charge in [-0.15, -0.1) is 23.1 Å². The van der Waals surface area contributed by atoms with Crippen molar-refractivity contribution in [1.29, 1.82) is 0 Å². The van der Waals surface area contributed by atoms with E-state index in [1.807, 2.05) is 13.8 Å². The molecule has 14 nitrogen and oxygen atoms in total. The maximum Gasteiger partial charge on any atom is 0.422 e. The van der Waals surface area contributed by atoms with Crippen molar-refractivity contribution in [2.75, 3.05) is 13.2 Å². The fourth-order valence-electron chi connectivity index (χ4n) is 4.71. The molecule has 280 valence electrons. The predicted molar refractivity (Wildman–Crippen MR) is 190 cm³/mol. The molecule has 0 atom stereocenters. The smallest absolute Gasteiger partial charge is 0.422 e. The molecule has 0 unspecified atom stereocenters. The molecule has 0 radical (unpaired) electrons. The SMILES string of the molecule is CC(C)COc1ncc(-c2ccc(=O)n(Cc3cncc(F)c3)n2)c(CSCc2ncc(Cn3nc(-c4cnc(OCC(F)(F)F)nc4)ccc3=O)s2)n1. The molecular formula is C34H30F4N10O4S2. The van der Waals surface area contributed by atoms with Gasteiger partial charge in [0.2, 0.25) is 0 Å². The minimum atomic E-state index is -4.53. The highest BCUT2D eigenvalue weighted by atomic mass is 32.2. The molecule has 6 aromatic heterocycles. The Morgan fingerprint density at radius 3 is 2.24 bits per heavy atom. The van der Waals surface area contributed by atoms with Crippen LogP contribution in [0.5, 0.6) is 12.0 Å². The number of pyridine rings is 1. The van der Waals surface area contributed by atoms with Crippen LogP contribution in [-0.2, 0) is 24.6 Å². The molecule has 0 saturated carbocycles. The molecule has 6 aromatic rings. The molecule has 0 fully saturated rings. The first-order valence-electron chi connectivity index (χ1n) is 16.2. The van der Waals surface area contributed by atoms with E-state index >= 15 is 0 Å². The summed E-state index contributed by atoms with van der Waals surface area (Å²) in [5.74, 6) is 0.631. The number of rotatable bonds is 15. The van der Waals surface area contributed by atoms with Gasteiger partial charge in [0.25, 0.3) is 11.1 Å². The van der Waals surface area contributed by atoms with Gasteiger partial charge >= 0.3 is 18.2 Å². The molecule has 0 N–H and O–H groups in total. The van der Waals surface area contributed by atoms with Gasteiger partial charge in [0.15, 0.2) is 6.61 Å². The van der Waals surface area contributed by atoms with Gasteiger partial charge in [-0.25, -0.2) is 33.7 Å². The van der Waals surface area contributed by atoms with Crippen LogP contribution < -0.4 is 20.6 Å². The number of hydrogen-bond donors (Lipinski definition) is 0. The summed E-state index contributed by atoms with van der Waals surface area (Å²) in [7, 11) is 0. The number of thioether (sulfide) groups is 1. The quantitative estimate of drug-likeness (QED) is 0.125. The fourth-order valence-corrected chi connectivity index (χ4v) is 6.66. The Labute approximate surface area is 312 Å². The predicted octanol–water partition coefficient (Wildman–Crippen LogP) is 5.21. The highest BCUT2D eigenvalue weighted by Crippen LogP contribution is 2.28. The Kier molecular flexibility index (Phi) is 12.0. The Morgan fingerprint density at radius 1 is 0.815 bits per heavy atom. The molecule has 0 aliphatic carbocycles. The largest absolute Gasteiger partial charge is 0.463 e. The summed E-state index contributed by atoms with van der Waals surface area (Å²) in [5, 5.41) is 9.68. The second kappa shape index (κ2) is 17.0. The maximum absolute atomic E-state index is 13.7. The lowest BCUT2D eigenvalue weighted by atomic mass is 10.1. The maximum atomic E-state index is 13.7. The van der Waals surface area contributed by atoms with Crippen molar-refractivity contribution >= 4 is 23.1 Å². The van der Waals surface area contributed by atoms with Crippen LogP contribution in [0.3, 0.4) is 0 Å². The molecule has 0 saturated heterocycles. The Bertz CT molecular complexity index is 2340. The highest BCUT2D eigenvalue weighted by molar-refractivity contribution is 7.97. The standard InChI is InChI=1S/C34H30F4N10O4S2/c1-20(2)16-51-33-43-13-25(27-4-6-30(49)47(46-27)14-21-7-23(35)11-39-8-21)28(44-33)17-53-18-29-40-12-24(54-29)15-48-31(50)5-3-26(45-48)22-9-41-32(42-10-22)52-19-34(36,37)38/h3-13,20H,14-19H2,1-2H3. The van der Waals surface area contributed by atoms with Crippen LogP contribution >= 0.6 is 23.1 Å². The lowest BCUT2D eigenvalue weighted by Crippen LogP contribution is -2.23. The molecular weight excluding hydrogens is 753 g/mol. The molecule has 6 heterocycles. The van der Waals surface area contributed by atoms with Crippen molar-refractivity contribution in [3.8, 4) is 34.5 Å². The lowest BCUT2D eigenvalue weighted by molar-refractivity contribution is -0.154. The summed E-state index contributed by atoms with van der Waals surface area (Å²) in [4.78, 5) is 51.0. The summed E-state index contributed by atoms with van der Waals surface area (Å²) in [6.07, 6.45) is 3.80. The molecule has 0 aliphatic rings. The number of aromatic nitrogens is 10. The zero-order valence-corrected chi connectivity index (χ0v) is 30.2. The zero-order chi connectivity index (χ0) is 38.2. The number of alkyl halides is 3. The van der Waals surface area contributed by atoms with Crippen LogP contribution in [0.15, 0.2) is 77.1 Å². The second-order valence-corrected chi connectivity index (χ2v) is 14.2. The summed E-state index contributed by atoms with van der Waals surface area (Å²) in [6.45, 7) is 3.06.